The number of fused-ring (bicyclic) bond motifs is 1. The summed E-state index contributed by atoms with van der Waals surface area (Å²) in [5.74, 6) is 5.73. The van der Waals surface area contributed by atoms with Gasteiger partial charge in [-0.25, -0.2) is 8.42 Å². The van der Waals surface area contributed by atoms with Crippen molar-refractivity contribution in [3.8, 4) is 17.6 Å². The van der Waals surface area contributed by atoms with Crippen LogP contribution in [0.15, 0.2) is 53.4 Å². The molecule has 0 radical (unpaired) electrons. The Morgan fingerprint density at radius 2 is 1.86 bits per heavy atom. The number of rotatable bonds is 5. The smallest absolute Gasteiger partial charge is 0.244 e. The Labute approximate surface area is 165 Å². The first-order chi connectivity index (χ1) is 13.5. The van der Waals surface area contributed by atoms with Gasteiger partial charge < -0.3 is 10.1 Å². The number of hydrogen-bond donors (Lipinski definition) is 1. The Kier molecular flexibility index (Phi) is 6.02. The van der Waals surface area contributed by atoms with E-state index in [-0.39, 0.29) is 24.0 Å². The molecule has 0 fully saturated rings. The molecule has 0 aromatic heterocycles. The summed E-state index contributed by atoms with van der Waals surface area (Å²) in [6.45, 7) is 2.11. The molecule has 1 aliphatic heterocycles. The molecule has 2 aromatic rings. The summed E-state index contributed by atoms with van der Waals surface area (Å²) in [6.07, 6.45) is 0.339. The van der Waals surface area contributed by atoms with E-state index in [1.807, 2.05) is 24.3 Å². The molecule has 2 aromatic carbocycles. The van der Waals surface area contributed by atoms with Crippen LogP contribution in [0.2, 0.25) is 0 Å². The number of hydrogen-bond acceptors (Lipinski definition) is 4. The van der Waals surface area contributed by atoms with Crippen molar-refractivity contribution in [2.45, 2.75) is 30.8 Å². The van der Waals surface area contributed by atoms with Crippen LogP contribution in [0.4, 0.5) is 0 Å². The first kappa shape index (κ1) is 19.9. The normalized spacial score (nSPS) is 16.4. The standard InChI is InChI=1S/C21H22N2O4S/c1-3-4-13-27-18-9-11-19(12-10-18)28(25,26)23-15-17-8-6-5-7-16(17)14-20(23)21(24)22-2/h5-12,20H,13-15H2,1-2H3,(H,22,24). The van der Waals surface area contributed by atoms with Crippen LogP contribution in [0.3, 0.4) is 0 Å². The Morgan fingerprint density at radius 3 is 2.50 bits per heavy atom. The average molecular weight is 398 g/mol. The van der Waals surface area contributed by atoms with E-state index in [4.69, 9.17) is 4.74 Å². The lowest BCUT2D eigenvalue weighted by molar-refractivity contribution is -0.124. The number of sulfonamides is 1. The van der Waals surface area contributed by atoms with Gasteiger partial charge in [0.2, 0.25) is 15.9 Å². The molecule has 0 saturated carbocycles. The molecule has 0 spiro atoms. The number of nitrogens with zero attached hydrogens (tertiary/aromatic N) is 1. The van der Waals surface area contributed by atoms with E-state index in [0.29, 0.717) is 12.2 Å². The average Bonchev–Trinajstić information content (AvgIpc) is 2.72. The molecule has 7 heteroatoms. The molecule has 1 N–H and O–H groups in total. The van der Waals surface area contributed by atoms with Crippen molar-refractivity contribution in [3.05, 3.63) is 59.7 Å². The SMILES string of the molecule is CC#CCOc1ccc(S(=O)(=O)N2Cc3ccccc3CC2C(=O)NC)cc1. The van der Waals surface area contributed by atoms with Crippen molar-refractivity contribution in [2.24, 2.45) is 0 Å². The van der Waals surface area contributed by atoms with E-state index in [1.165, 1.54) is 23.5 Å². The summed E-state index contributed by atoms with van der Waals surface area (Å²) in [5, 5.41) is 2.58. The van der Waals surface area contributed by atoms with Crippen LogP contribution >= 0.6 is 0 Å². The van der Waals surface area contributed by atoms with Crippen LogP contribution in [0.1, 0.15) is 18.1 Å². The van der Waals surface area contributed by atoms with Gasteiger partial charge in [-0.2, -0.15) is 4.31 Å². The van der Waals surface area contributed by atoms with Gasteiger partial charge in [0, 0.05) is 13.6 Å². The molecule has 1 heterocycles. The van der Waals surface area contributed by atoms with Gasteiger partial charge in [0.25, 0.3) is 0 Å². The zero-order chi connectivity index (χ0) is 20.1. The van der Waals surface area contributed by atoms with Gasteiger partial charge in [-0.15, -0.1) is 5.92 Å². The van der Waals surface area contributed by atoms with E-state index < -0.39 is 16.1 Å². The maximum atomic E-state index is 13.3. The molecule has 3 rings (SSSR count). The molecule has 1 aliphatic rings. The molecule has 1 unspecified atom stereocenters. The van der Waals surface area contributed by atoms with Crippen molar-refractivity contribution in [1.82, 2.24) is 9.62 Å². The number of carbonyl (C=O) groups excluding carboxylic acids is 1. The van der Waals surface area contributed by atoms with Gasteiger partial charge in [-0.05, 0) is 48.7 Å². The molecular weight excluding hydrogens is 376 g/mol. The van der Waals surface area contributed by atoms with Gasteiger partial charge in [0.1, 0.15) is 18.4 Å². The first-order valence-electron chi connectivity index (χ1n) is 8.90. The van der Waals surface area contributed by atoms with Crippen molar-refractivity contribution in [3.63, 3.8) is 0 Å². The first-order valence-corrected chi connectivity index (χ1v) is 10.3. The predicted molar refractivity (Wildman–Crippen MR) is 106 cm³/mol. The minimum absolute atomic E-state index is 0.120. The van der Waals surface area contributed by atoms with E-state index >= 15 is 0 Å². The number of amides is 1. The Hall–Kier alpha value is -2.82. The quantitative estimate of drug-likeness (QED) is 0.781. The highest BCUT2D eigenvalue weighted by atomic mass is 32.2. The highest BCUT2D eigenvalue weighted by Gasteiger charge is 2.39. The van der Waals surface area contributed by atoms with E-state index in [0.717, 1.165) is 11.1 Å². The van der Waals surface area contributed by atoms with Crippen molar-refractivity contribution in [1.29, 1.82) is 0 Å². The molecule has 28 heavy (non-hydrogen) atoms. The van der Waals surface area contributed by atoms with Crippen LogP contribution in [0.5, 0.6) is 5.75 Å². The number of nitrogens with one attached hydrogen (secondary N) is 1. The minimum atomic E-state index is -3.86. The summed E-state index contributed by atoms with van der Waals surface area (Å²) >= 11 is 0. The summed E-state index contributed by atoms with van der Waals surface area (Å²) in [5.41, 5.74) is 1.90. The lowest BCUT2D eigenvalue weighted by Gasteiger charge is -2.34. The summed E-state index contributed by atoms with van der Waals surface area (Å²) in [4.78, 5) is 12.5. The van der Waals surface area contributed by atoms with Gasteiger partial charge in [-0.1, -0.05) is 30.2 Å². The van der Waals surface area contributed by atoms with Crippen molar-refractivity contribution >= 4 is 15.9 Å². The van der Waals surface area contributed by atoms with Gasteiger partial charge in [-0.3, -0.25) is 4.79 Å². The topological polar surface area (TPSA) is 75.7 Å². The lowest BCUT2D eigenvalue weighted by atomic mass is 9.95. The fraction of sp³-hybridized carbons (Fsp3) is 0.286. The van der Waals surface area contributed by atoms with E-state index in [9.17, 15) is 13.2 Å². The minimum Gasteiger partial charge on any atom is -0.481 e. The Bertz CT molecular complexity index is 1020. The fourth-order valence-corrected chi connectivity index (χ4v) is 4.74. The third-order valence-corrected chi connectivity index (χ3v) is 6.54. The second kappa shape index (κ2) is 8.46. The number of carbonyl (C=O) groups is 1. The lowest BCUT2D eigenvalue weighted by Crippen LogP contribution is -2.51. The van der Waals surface area contributed by atoms with Crippen LogP contribution in [0, 0.1) is 11.8 Å². The number of ether oxygens (including phenoxy) is 1. The number of likely N-dealkylation sites (N-methyl/N-ethyl adjacent to an activating group) is 1. The van der Waals surface area contributed by atoms with Gasteiger partial charge in [0.05, 0.1) is 4.90 Å². The maximum absolute atomic E-state index is 13.3. The van der Waals surface area contributed by atoms with Gasteiger partial charge >= 0.3 is 0 Å². The molecule has 0 bridgehead atoms. The molecule has 6 nitrogen and oxygen atoms in total. The molecule has 0 aliphatic carbocycles. The molecule has 0 saturated heterocycles. The third kappa shape index (κ3) is 4.03. The van der Waals surface area contributed by atoms with E-state index in [2.05, 4.69) is 17.2 Å². The predicted octanol–water partition coefficient (Wildman–Crippen LogP) is 1.95. The molecule has 1 atom stereocenters. The number of benzene rings is 2. The van der Waals surface area contributed by atoms with E-state index in [1.54, 1.807) is 19.1 Å². The van der Waals surface area contributed by atoms with Crippen LogP contribution in [-0.2, 0) is 27.8 Å². The van der Waals surface area contributed by atoms with Crippen LogP contribution in [0.25, 0.3) is 0 Å². The summed E-state index contributed by atoms with van der Waals surface area (Å²) in [7, 11) is -2.35. The van der Waals surface area contributed by atoms with Crippen molar-refractivity contribution in [2.75, 3.05) is 13.7 Å². The fourth-order valence-electron chi connectivity index (χ4n) is 3.18. The third-order valence-electron chi connectivity index (χ3n) is 4.67. The maximum Gasteiger partial charge on any atom is 0.244 e. The largest absolute Gasteiger partial charge is 0.481 e. The van der Waals surface area contributed by atoms with Crippen LogP contribution in [-0.4, -0.2) is 38.3 Å². The molecule has 146 valence electrons. The zero-order valence-corrected chi connectivity index (χ0v) is 16.6. The highest BCUT2D eigenvalue weighted by Crippen LogP contribution is 2.29. The van der Waals surface area contributed by atoms with Gasteiger partial charge in [0.15, 0.2) is 0 Å². The monoisotopic (exact) mass is 398 g/mol. The van der Waals surface area contributed by atoms with Crippen LogP contribution < -0.4 is 10.1 Å². The summed E-state index contributed by atoms with van der Waals surface area (Å²) < 4.78 is 33.3. The zero-order valence-electron chi connectivity index (χ0n) is 15.8. The van der Waals surface area contributed by atoms with Crippen molar-refractivity contribution < 1.29 is 17.9 Å². The molecular formula is C21H22N2O4S. The molecule has 1 amide bonds. The second-order valence-electron chi connectivity index (χ2n) is 6.34. The Morgan fingerprint density at radius 1 is 1.18 bits per heavy atom. The Balaban J connectivity index is 1.91. The highest BCUT2D eigenvalue weighted by molar-refractivity contribution is 7.89. The summed E-state index contributed by atoms with van der Waals surface area (Å²) in [6, 6.07) is 13.0. The second-order valence-corrected chi connectivity index (χ2v) is 8.23.